The van der Waals surface area contributed by atoms with Crippen LogP contribution in [0.2, 0.25) is 0 Å². The monoisotopic (exact) mass is 612 g/mol. The van der Waals surface area contributed by atoms with E-state index in [-0.39, 0.29) is 12.0 Å². The van der Waals surface area contributed by atoms with Crippen LogP contribution in [0.3, 0.4) is 0 Å². The van der Waals surface area contributed by atoms with E-state index in [2.05, 4.69) is 81.8 Å². The highest BCUT2D eigenvalue weighted by Crippen LogP contribution is 2.41. The standard InChI is InChI=1S/C38H40N6O2/c1-4-46-38(45)31-24-40-44(26(31)3)36-13-8-11-33(42-36)30-10-7-9-28-14-17-34(37(28)30)41-32-16-15-29(23-25(32)2)27-18-21-43(22-19-27)35-12-5-6-20-39-35/h5-13,15-16,20,23-24,27,34,41H,4,14,17-19,21-22H2,1-3H3. The van der Waals surface area contributed by atoms with Crippen LogP contribution in [-0.2, 0) is 11.2 Å². The van der Waals surface area contributed by atoms with E-state index in [0.717, 1.165) is 55.8 Å². The average molecular weight is 613 g/mol. The van der Waals surface area contributed by atoms with Gasteiger partial charge in [0.2, 0.25) is 0 Å². The number of rotatable bonds is 8. The molecule has 0 amide bonds. The Kier molecular flexibility index (Phi) is 8.26. The molecule has 1 atom stereocenters. The maximum Gasteiger partial charge on any atom is 0.341 e. The van der Waals surface area contributed by atoms with E-state index in [9.17, 15) is 4.79 Å². The summed E-state index contributed by atoms with van der Waals surface area (Å²) >= 11 is 0. The van der Waals surface area contributed by atoms with Gasteiger partial charge in [0, 0.05) is 30.5 Å². The number of carbonyl (C=O) groups is 1. The van der Waals surface area contributed by atoms with E-state index in [1.165, 1.54) is 27.9 Å². The number of nitrogens with one attached hydrogen (secondary N) is 1. The third-order valence-electron chi connectivity index (χ3n) is 9.50. The number of ether oxygens (including phenoxy) is 1. The van der Waals surface area contributed by atoms with Gasteiger partial charge >= 0.3 is 5.97 Å². The maximum atomic E-state index is 12.4. The first kappa shape index (κ1) is 29.7. The fourth-order valence-corrected chi connectivity index (χ4v) is 7.07. The Morgan fingerprint density at radius 2 is 1.78 bits per heavy atom. The van der Waals surface area contributed by atoms with Crippen LogP contribution in [0.1, 0.15) is 76.5 Å². The summed E-state index contributed by atoms with van der Waals surface area (Å²) in [6, 6.07) is 25.8. The molecule has 2 aromatic carbocycles. The summed E-state index contributed by atoms with van der Waals surface area (Å²) in [7, 11) is 0. The van der Waals surface area contributed by atoms with Crippen molar-refractivity contribution in [3.05, 3.63) is 119 Å². The molecular formula is C38H40N6O2. The summed E-state index contributed by atoms with van der Waals surface area (Å²) in [5, 5.41) is 8.38. The van der Waals surface area contributed by atoms with Crippen molar-refractivity contribution in [3.63, 3.8) is 0 Å². The minimum Gasteiger partial charge on any atom is -0.462 e. The molecule has 3 aromatic heterocycles. The summed E-state index contributed by atoms with van der Waals surface area (Å²) in [5.41, 5.74) is 9.73. The minimum absolute atomic E-state index is 0.185. The van der Waals surface area contributed by atoms with Gasteiger partial charge in [-0.25, -0.2) is 19.4 Å². The first-order chi connectivity index (χ1) is 22.5. The molecular weight excluding hydrogens is 572 g/mol. The van der Waals surface area contributed by atoms with E-state index in [1.807, 2.05) is 31.3 Å². The number of carbonyl (C=O) groups excluding carboxylic acids is 1. The molecule has 8 heteroatoms. The molecule has 234 valence electrons. The van der Waals surface area contributed by atoms with E-state index in [4.69, 9.17) is 9.72 Å². The second kappa shape index (κ2) is 12.8. The molecule has 1 unspecified atom stereocenters. The molecule has 1 saturated heterocycles. The highest BCUT2D eigenvalue weighted by molar-refractivity contribution is 5.90. The van der Waals surface area contributed by atoms with Crippen molar-refractivity contribution in [2.45, 2.75) is 58.4 Å². The van der Waals surface area contributed by atoms with Crippen LogP contribution >= 0.6 is 0 Å². The highest BCUT2D eigenvalue weighted by Gasteiger charge is 2.28. The van der Waals surface area contributed by atoms with Crippen LogP contribution in [0.25, 0.3) is 17.1 Å². The second-order valence-electron chi connectivity index (χ2n) is 12.3. The van der Waals surface area contributed by atoms with Crippen LogP contribution in [0, 0.1) is 13.8 Å². The van der Waals surface area contributed by atoms with Crippen LogP contribution in [0.15, 0.2) is 85.2 Å². The Bertz CT molecular complexity index is 1860. The number of aryl methyl sites for hydroxylation is 2. The third-order valence-corrected chi connectivity index (χ3v) is 9.50. The van der Waals surface area contributed by atoms with Gasteiger partial charge in [0.15, 0.2) is 5.82 Å². The Labute approximate surface area is 270 Å². The van der Waals surface area contributed by atoms with Crippen LogP contribution in [0.4, 0.5) is 11.5 Å². The lowest BCUT2D eigenvalue weighted by Crippen LogP contribution is -2.33. The van der Waals surface area contributed by atoms with Crippen molar-refractivity contribution in [2.24, 2.45) is 0 Å². The van der Waals surface area contributed by atoms with Gasteiger partial charge in [-0.2, -0.15) is 5.10 Å². The normalized spacial score (nSPS) is 16.3. The van der Waals surface area contributed by atoms with Crippen molar-refractivity contribution in [2.75, 3.05) is 29.9 Å². The molecule has 1 N–H and O–H groups in total. The summed E-state index contributed by atoms with van der Waals surface area (Å²) in [6.45, 7) is 8.27. The zero-order chi connectivity index (χ0) is 31.6. The predicted octanol–water partition coefficient (Wildman–Crippen LogP) is 7.61. The quantitative estimate of drug-likeness (QED) is 0.181. The van der Waals surface area contributed by atoms with Gasteiger partial charge < -0.3 is 15.0 Å². The summed E-state index contributed by atoms with van der Waals surface area (Å²) < 4.78 is 6.91. The van der Waals surface area contributed by atoms with Gasteiger partial charge in [-0.1, -0.05) is 42.5 Å². The van der Waals surface area contributed by atoms with Crippen molar-refractivity contribution in [1.29, 1.82) is 0 Å². The summed E-state index contributed by atoms with van der Waals surface area (Å²) in [6.07, 6.45) is 7.75. The average Bonchev–Trinajstić information content (AvgIpc) is 3.69. The molecule has 4 heterocycles. The number of esters is 1. The Morgan fingerprint density at radius 1 is 0.957 bits per heavy atom. The zero-order valence-corrected chi connectivity index (χ0v) is 26.7. The first-order valence-electron chi connectivity index (χ1n) is 16.3. The smallest absolute Gasteiger partial charge is 0.341 e. The summed E-state index contributed by atoms with van der Waals surface area (Å²) in [4.78, 5) is 24.4. The molecule has 1 aliphatic heterocycles. The van der Waals surface area contributed by atoms with Crippen molar-refractivity contribution in [1.82, 2.24) is 19.7 Å². The molecule has 0 bridgehead atoms. The van der Waals surface area contributed by atoms with Gasteiger partial charge in [0.25, 0.3) is 0 Å². The number of piperidine rings is 1. The molecule has 0 radical (unpaired) electrons. The van der Waals surface area contributed by atoms with Gasteiger partial charge in [-0.3, -0.25) is 0 Å². The molecule has 1 aliphatic carbocycles. The molecule has 46 heavy (non-hydrogen) atoms. The number of hydrogen-bond donors (Lipinski definition) is 1. The Hall–Kier alpha value is -4.98. The molecule has 2 aliphatic rings. The van der Waals surface area contributed by atoms with Gasteiger partial charge in [-0.15, -0.1) is 0 Å². The van der Waals surface area contributed by atoms with Crippen LogP contribution in [0.5, 0.6) is 0 Å². The minimum atomic E-state index is -0.369. The van der Waals surface area contributed by atoms with Gasteiger partial charge in [0.05, 0.1) is 30.2 Å². The lowest BCUT2D eigenvalue weighted by Gasteiger charge is -2.33. The van der Waals surface area contributed by atoms with Crippen LogP contribution < -0.4 is 10.2 Å². The topological polar surface area (TPSA) is 85.2 Å². The van der Waals surface area contributed by atoms with E-state index in [0.29, 0.717) is 29.6 Å². The zero-order valence-electron chi connectivity index (χ0n) is 26.7. The maximum absolute atomic E-state index is 12.4. The molecule has 8 nitrogen and oxygen atoms in total. The lowest BCUT2D eigenvalue weighted by atomic mass is 9.88. The molecule has 7 rings (SSSR count). The SMILES string of the molecule is CCOC(=O)c1cnn(-c2cccc(-c3cccc4c3C(Nc3ccc(C5CCN(c6ccccn6)CC5)cc3C)CC4)n2)c1C. The lowest BCUT2D eigenvalue weighted by molar-refractivity contribution is 0.0525. The first-order valence-corrected chi connectivity index (χ1v) is 16.3. The van der Waals surface area contributed by atoms with Crippen molar-refractivity contribution < 1.29 is 9.53 Å². The number of pyridine rings is 2. The molecule has 5 aromatic rings. The largest absolute Gasteiger partial charge is 0.462 e. The van der Waals surface area contributed by atoms with E-state index in [1.54, 1.807) is 17.8 Å². The number of nitrogens with zero attached hydrogens (tertiary/aromatic N) is 5. The number of fused-ring (bicyclic) bond motifs is 1. The molecule has 0 spiro atoms. The third kappa shape index (κ3) is 5.75. The molecule has 1 fully saturated rings. The number of benzene rings is 2. The molecule has 0 saturated carbocycles. The fourth-order valence-electron chi connectivity index (χ4n) is 7.07. The van der Waals surface area contributed by atoms with Gasteiger partial charge in [0.1, 0.15) is 11.4 Å². The van der Waals surface area contributed by atoms with E-state index < -0.39 is 0 Å². The number of hydrogen-bond acceptors (Lipinski definition) is 7. The van der Waals surface area contributed by atoms with E-state index >= 15 is 0 Å². The second-order valence-corrected chi connectivity index (χ2v) is 12.3. The Morgan fingerprint density at radius 3 is 2.57 bits per heavy atom. The van der Waals surface area contributed by atoms with Crippen LogP contribution in [-0.4, -0.2) is 45.4 Å². The predicted molar refractivity (Wildman–Crippen MR) is 182 cm³/mol. The van der Waals surface area contributed by atoms with Gasteiger partial charge in [-0.05, 0) is 105 Å². The highest BCUT2D eigenvalue weighted by atomic mass is 16.5. The number of anilines is 2. The Balaban J connectivity index is 1.10. The summed E-state index contributed by atoms with van der Waals surface area (Å²) in [5.74, 6) is 1.95. The van der Waals surface area contributed by atoms with Crippen molar-refractivity contribution in [3.8, 4) is 17.1 Å². The van der Waals surface area contributed by atoms with Crippen molar-refractivity contribution >= 4 is 17.5 Å². The number of aromatic nitrogens is 4. The fraction of sp³-hybridized carbons (Fsp3) is 0.316.